The molecule has 0 fully saturated rings. The van der Waals surface area contributed by atoms with E-state index in [0.717, 1.165) is 0 Å². The van der Waals surface area contributed by atoms with Crippen molar-refractivity contribution in [2.75, 3.05) is 0 Å². The monoisotopic (exact) mass is 244 g/mol. The van der Waals surface area contributed by atoms with E-state index in [2.05, 4.69) is 0 Å². The molecule has 0 rings (SSSR count). The summed E-state index contributed by atoms with van der Waals surface area (Å²) in [5.74, 6) is 0. The summed E-state index contributed by atoms with van der Waals surface area (Å²) >= 11 is -2.09. The van der Waals surface area contributed by atoms with Gasteiger partial charge in [-0.25, -0.2) is 0 Å². The SMILES string of the molecule is FC#C[Xe]C(F)(F)F. The third kappa shape index (κ3) is 6.85. The van der Waals surface area contributed by atoms with E-state index in [1.54, 1.807) is 0 Å². The van der Waals surface area contributed by atoms with Crippen LogP contribution in [-0.4, -0.2) is 0.644 Å². The Morgan fingerprint density at radius 3 is 1.88 bits per heavy atom. The predicted molar refractivity (Wildman–Crippen MR) is 14.9 cm³/mol. The summed E-state index contributed by atoms with van der Waals surface area (Å²) in [6.07, 6.45) is 0.694. The van der Waals surface area contributed by atoms with E-state index in [1.165, 1.54) is 0.388 Å². The van der Waals surface area contributed by atoms with Gasteiger partial charge in [0, 0.05) is 0 Å². The third-order valence-corrected chi connectivity index (χ3v) is 1.19. The Balaban J connectivity index is 3.50. The molecule has 0 N–H and O–H groups in total. The second kappa shape index (κ2) is 3.80. The first-order valence-electron chi connectivity index (χ1n) is 1.36. The molecular formula is C3F4Xe. The van der Waals surface area contributed by atoms with Gasteiger partial charge in [-0.3, -0.25) is 0 Å². The minimum atomic E-state index is -4.27. The zero-order valence-corrected chi connectivity index (χ0v) is 5.38. The average molecular weight is 243 g/mol. The van der Waals surface area contributed by atoms with Gasteiger partial charge >= 0.3 is 69.0 Å². The molecule has 0 unspecified atom stereocenters. The van der Waals surface area contributed by atoms with E-state index in [9.17, 15) is 17.6 Å². The number of hydrogen-bond donors (Lipinski definition) is 0. The molecule has 0 radical (unpaired) electrons. The van der Waals surface area contributed by atoms with Crippen LogP contribution in [0.25, 0.3) is 0 Å². The van der Waals surface area contributed by atoms with Crippen molar-refractivity contribution in [3.8, 4) is 6.56 Å². The van der Waals surface area contributed by atoms with Crippen LogP contribution >= 0.6 is 0 Å². The molecule has 0 atom stereocenters. The van der Waals surface area contributed by atoms with E-state index < -0.39 is 44.8 Å². The summed E-state index contributed by atoms with van der Waals surface area (Å²) in [4.78, 5) is 0. The van der Waals surface area contributed by atoms with E-state index in [-0.39, 0.29) is 0 Å². The average Bonchev–Trinajstić information content (AvgIpc) is 1.59. The summed E-state index contributed by atoms with van der Waals surface area (Å²) in [5, 5.41) is 0. The topological polar surface area (TPSA) is 0 Å². The van der Waals surface area contributed by atoms with E-state index in [0.29, 0.717) is 6.17 Å². The maximum atomic E-state index is 11.0. The molecule has 5 heteroatoms. The van der Waals surface area contributed by atoms with Crippen LogP contribution in [0.1, 0.15) is 0 Å². The number of halogens is 4. The van der Waals surface area contributed by atoms with Gasteiger partial charge in [0.05, 0.1) is 0 Å². The van der Waals surface area contributed by atoms with Crippen LogP contribution < -0.4 is 0 Å². The van der Waals surface area contributed by atoms with Crippen LogP contribution in [0.2, 0.25) is 0 Å². The Morgan fingerprint density at radius 1 is 1.25 bits per heavy atom. The van der Waals surface area contributed by atoms with Crippen molar-refractivity contribution in [3.05, 3.63) is 0 Å². The molecule has 0 aliphatic heterocycles. The fraction of sp³-hybridized carbons (Fsp3) is 0.333. The summed E-state index contributed by atoms with van der Waals surface area (Å²) in [5.41, 5.74) is 0. The summed E-state index contributed by atoms with van der Waals surface area (Å²) in [6, 6.07) is 0. The minimum absolute atomic E-state index is 0.694. The number of alkyl halides is 3. The number of hydrogen-bond acceptors (Lipinski definition) is 0. The second-order valence-corrected chi connectivity index (χ2v) is 2.84. The molecule has 8 heavy (non-hydrogen) atoms. The standard InChI is InChI=1S/C3F4Xe/c4-1-2-8-3(5,6)7. The molecule has 0 bridgehead atoms. The van der Waals surface area contributed by atoms with Gasteiger partial charge in [0.15, 0.2) is 0 Å². The fourth-order valence-electron chi connectivity index (χ4n) is 0.0668. The van der Waals surface area contributed by atoms with Gasteiger partial charge in [0.2, 0.25) is 0 Å². The van der Waals surface area contributed by atoms with Crippen LogP contribution in [0.5, 0.6) is 0 Å². The Hall–Kier alpha value is 0.851. The van der Waals surface area contributed by atoms with Crippen molar-refractivity contribution < 1.29 is 61.7 Å². The van der Waals surface area contributed by atoms with Gasteiger partial charge < -0.3 is 0 Å². The molecule has 0 spiro atoms. The molecule has 0 heterocycles. The van der Waals surface area contributed by atoms with Gasteiger partial charge in [0.1, 0.15) is 0 Å². The van der Waals surface area contributed by atoms with Crippen molar-refractivity contribution in [2.45, 2.75) is 0.644 Å². The first-order valence-corrected chi connectivity index (χ1v) is 3.38. The van der Waals surface area contributed by atoms with Crippen molar-refractivity contribution in [2.24, 2.45) is 0 Å². The molecule has 0 aliphatic rings. The van der Waals surface area contributed by atoms with Crippen LogP contribution in [0.15, 0.2) is 0 Å². The van der Waals surface area contributed by atoms with Crippen LogP contribution in [0.4, 0.5) is 17.6 Å². The second-order valence-electron chi connectivity index (χ2n) is 0.686. The first-order chi connectivity index (χ1) is 3.56. The Bertz CT molecular complexity index is 115. The van der Waals surface area contributed by atoms with Crippen molar-refractivity contribution >= 4 is 0 Å². The molecule has 0 aliphatic carbocycles. The van der Waals surface area contributed by atoms with E-state index in [4.69, 9.17) is 0 Å². The van der Waals surface area contributed by atoms with Gasteiger partial charge in [-0.2, -0.15) is 0 Å². The molecule has 0 nitrogen and oxygen atoms in total. The zero-order chi connectivity index (χ0) is 6.62. The first kappa shape index (κ1) is 8.85. The van der Waals surface area contributed by atoms with Gasteiger partial charge in [-0.15, -0.1) is 0 Å². The van der Waals surface area contributed by atoms with Crippen molar-refractivity contribution in [1.82, 2.24) is 0 Å². The van der Waals surface area contributed by atoms with Gasteiger partial charge in [-0.1, -0.05) is 0 Å². The Labute approximate surface area is 67.9 Å². The molecule has 0 aromatic rings. The maximum absolute atomic E-state index is 11.0. The van der Waals surface area contributed by atoms with Crippen molar-refractivity contribution in [3.63, 3.8) is 0 Å². The fourth-order valence-corrected chi connectivity index (χ4v) is 0.448. The predicted octanol–water partition coefficient (Wildman–Crippen LogP) is 1.48. The van der Waals surface area contributed by atoms with E-state index >= 15 is 0 Å². The molecule has 0 amide bonds. The van der Waals surface area contributed by atoms with Crippen LogP contribution in [0, 0.1) is 50.7 Å². The van der Waals surface area contributed by atoms with E-state index in [1.807, 2.05) is 0 Å². The molecule has 0 aromatic carbocycles. The summed E-state index contributed by atoms with van der Waals surface area (Å²) < 4.78 is 40.8. The van der Waals surface area contributed by atoms with Gasteiger partial charge in [-0.05, 0) is 0 Å². The van der Waals surface area contributed by atoms with Crippen LogP contribution in [0.3, 0.4) is 0 Å². The molecular weight excluding hydrogens is 243 g/mol. The molecule has 0 saturated carbocycles. The molecule has 0 saturated heterocycles. The third-order valence-electron chi connectivity index (χ3n) is 0.178. The zero-order valence-electron chi connectivity index (χ0n) is 3.37. The summed E-state index contributed by atoms with van der Waals surface area (Å²) in [6.45, 7) is 0. The van der Waals surface area contributed by atoms with Crippen LogP contribution in [-0.2, 0) is 0 Å². The molecule has 48 valence electrons. The Morgan fingerprint density at radius 2 is 1.75 bits per heavy atom. The quantitative estimate of drug-likeness (QED) is 0.446. The normalized spacial score (nSPS) is 10.5. The summed E-state index contributed by atoms with van der Waals surface area (Å²) in [7, 11) is 0. The van der Waals surface area contributed by atoms with Gasteiger partial charge in [0.25, 0.3) is 0 Å². The molecule has 0 aromatic heterocycles. The Kier molecular flexibility index (Phi) is 4.20. The number of rotatable bonds is 0. The van der Waals surface area contributed by atoms with Crippen molar-refractivity contribution in [1.29, 1.82) is 0 Å².